The fraction of sp³-hybridized carbons (Fsp3) is 0.394. The molecule has 0 radical (unpaired) electrons. The maximum Gasteiger partial charge on any atom is 0.489 e. The Labute approximate surface area is 253 Å². The molecule has 3 N–H and O–H groups in total. The fourth-order valence-electron chi connectivity index (χ4n) is 6.15. The summed E-state index contributed by atoms with van der Waals surface area (Å²) in [4.78, 5) is 29.2. The van der Waals surface area contributed by atoms with E-state index in [1.807, 2.05) is 65.0 Å². The number of nitrogens with one attached hydrogen (secondary N) is 1. The molecule has 10 heteroatoms. The average Bonchev–Trinajstić information content (AvgIpc) is 3.28. The van der Waals surface area contributed by atoms with Crippen molar-refractivity contribution < 1.29 is 29.1 Å². The maximum atomic E-state index is 12.9. The van der Waals surface area contributed by atoms with Gasteiger partial charge >= 0.3 is 19.3 Å². The standard InChI is InChI=1S/C33H40BN3O6/c1-21-23(19-35-31(38)42-20-28-26-12-8-6-10-24(26)25-11-7-9-13-27(25)28)18-29(22(2)30(21)34(40)41)36-14-16-37(17-15-36)32(39)43-33(3,4)5/h6-13,18,28,40-41H,14-17,19-20H2,1-5H3,(H,35,38). The zero-order valence-electron chi connectivity index (χ0n) is 25.5. The van der Waals surface area contributed by atoms with Gasteiger partial charge in [-0.25, -0.2) is 9.59 Å². The van der Waals surface area contributed by atoms with Crippen molar-refractivity contribution in [3.05, 3.63) is 82.4 Å². The minimum Gasteiger partial charge on any atom is -0.449 e. The lowest BCUT2D eigenvalue weighted by Gasteiger charge is -2.38. The van der Waals surface area contributed by atoms with Crippen LogP contribution in [0.1, 0.15) is 54.5 Å². The summed E-state index contributed by atoms with van der Waals surface area (Å²) in [7, 11) is -1.67. The molecule has 0 saturated carbocycles. The van der Waals surface area contributed by atoms with Gasteiger partial charge in [-0.2, -0.15) is 0 Å². The van der Waals surface area contributed by atoms with Crippen LogP contribution in [-0.4, -0.2) is 72.6 Å². The first kappa shape index (κ1) is 30.4. The summed E-state index contributed by atoms with van der Waals surface area (Å²) in [6, 6.07) is 18.3. The Balaban J connectivity index is 1.26. The topological polar surface area (TPSA) is 112 Å². The lowest BCUT2D eigenvalue weighted by atomic mass is 9.72. The van der Waals surface area contributed by atoms with Gasteiger partial charge in [0.1, 0.15) is 12.2 Å². The van der Waals surface area contributed by atoms with Gasteiger partial charge in [-0.05, 0) is 85.1 Å². The van der Waals surface area contributed by atoms with Gasteiger partial charge in [-0.15, -0.1) is 0 Å². The Bertz CT molecular complexity index is 1470. The van der Waals surface area contributed by atoms with Crippen LogP contribution in [-0.2, 0) is 16.0 Å². The Kier molecular flexibility index (Phi) is 8.71. The second-order valence-electron chi connectivity index (χ2n) is 12.2. The Morgan fingerprint density at radius 3 is 2.07 bits per heavy atom. The lowest BCUT2D eigenvalue weighted by molar-refractivity contribution is 0.0240. The molecule has 3 aromatic rings. The third-order valence-electron chi connectivity index (χ3n) is 8.28. The molecule has 0 atom stereocenters. The van der Waals surface area contributed by atoms with E-state index in [9.17, 15) is 19.6 Å². The molecule has 2 aliphatic rings. The van der Waals surface area contributed by atoms with Crippen molar-refractivity contribution in [2.24, 2.45) is 0 Å². The van der Waals surface area contributed by atoms with Gasteiger partial charge < -0.3 is 34.6 Å². The van der Waals surface area contributed by atoms with E-state index in [1.165, 1.54) is 0 Å². The zero-order valence-corrected chi connectivity index (χ0v) is 25.5. The van der Waals surface area contributed by atoms with Crippen LogP contribution in [0, 0.1) is 13.8 Å². The zero-order chi connectivity index (χ0) is 30.9. The van der Waals surface area contributed by atoms with Crippen molar-refractivity contribution in [1.29, 1.82) is 0 Å². The third-order valence-corrected chi connectivity index (χ3v) is 8.28. The van der Waals surface area contributed by atoms with Crippen LogP contribution in [0.5, 0.6) is 0 Å². The predicted molar refractivity (Wildman–Crippen MR) is 168 cm³/mol. The molecule has 0 aromatic heterocycles. The van der Waals surface area contributed by atoms with Gasteiger partial charge in [0.25, 0.3) is 0 Å². The van der Waals surface area contributed by atoms with Crippen LogP contribution < -0.4 is 15.7 Å². The molecule has 0 bridgehead atoms. The summed E-state index contributed by atoms with van der Waals surface area (Å²) < 4.78 is 11.2. The van der Waals surface area contributed by atoms with E-state index in [4.69, 9.17) is 9.47 Å². The highest BCUT2D eigenvalue weighted by molar-refractivity contribution is 6.60. The number of carbonyl (C=O) groups excluding carboxylic acids is 2. The third kappa shape index (κ3) is 6.50. The van der Waals surface area contributed by atoms with E-state index in [0.717, 1.165) is 39.1 Å². The Hall–Kier alpha value is -4.02. The summed E-state index contributed by atoms with van der Waals surface area (Å²) in [5, 5.41) is 23.4. The molecule has 2 amide bonds. The van der Waals surface area contributed by atoms with Gasteiger partial charge in [-0.1, -0.05) is 48.5 Å². The molecular weight excluding hydrogens is 545 g/mol. The van der Waals surface area contributed by atoms with Crippen molar-refractivity contribution in [1.82, 2.24) is 10.2 Å². The second kappa shape index (κ2) is 12.3. The molecule has 1 saturated heterocycles. The number of nitrogens with zero attached hydrogens (tertiary/aromatic N) is 2. The average molecular weight is 586 g/mol. The molecule has 226 valence electrons. The number of fused-ring (bicyclic) bond motifs is 3. The number of hydrogen-bond donors (Lipinski definition) is 3. The first-order valence-electron chi connectivity index (χ1n) is 14.8. The quantitative estimate of drug-likeness (QED) is 0.374. The molecule has 5 rings (SSSR count). The van der Waals surface area contributed by atoms with Crippen LogP contribution in [0.25, 0.3) is 11.1 Å². The normalized spacial score (nSPS) is 14.7. The first-order chi connectivity index (χ1) is 20.4. The molecule has 9 nitrogen and oxygen atoms in total. The summed E-state index contributed by atoms with van der Waals surface area (Å²) in [5.74, 6) is -0.0404. The molecule has 0 spiro atoms. The number of rotatable bonds is 6. The first-order valence-corrected chi connectivity index (χ1v) is 14.8. The number of carbonyl (C=O) groups is 2. The number of hydrogen-bond acceptors (Lipinski definition) is 7. The van der Waals surface area contributed by atoms with E-state index in [0.29, 0.717) is 37.2 Å². The minimum atomic E-state index is -1.67. The number of benzene rings is 3. The number of piperazine rings is 1. The summed E-state index contributed by atoms with van der Waals surface area (Å²) in [6.45, 7) is 11.7. The number of alkyl carbamates (subject to hydrolysis) is 1. The minimum absolute atomic E-state index is 0.0404. The van der Waals surface area contributed by atoms with Gasteiger partial charge in [-0.3, -0.25) is 0 Å². The highest BCUT2D eigenvalue weighted by atomic mass is 16.6. The Morgan fingerprint density at radius 2 is 1.51 bits per heavy atom. The summed E-state index contributed by atoms with van der Waals surface area (Å²) in [6.07, 6.45) is -0.882. The van der Waals surface area contributed by atoms with Gasteiger partial charge in [0, 0.05) is 44.3 Å². The van der Waals surface area contributed by atoms with Gasteiger partial charge in [0.05, 0.1) is 0 Å². The molecule has 0 unspecified atom stereocenters. The van der Waals surface area contributed by atoms with Crippen LogP contribution in [0.2, 0.25) is 0 Å². The summed E-state index contributed by atoms with van der Waals surface area (Å²) >= 11 is 0. The van der Waals surface area contributed by atoms with Crippen LogP contribution in [0.4, 0.5) is 15.3 Å². The van der Waals surface area contributed by atoms with E-state index >= 15 is 0 Å². The highest BCUT2D eigenvalue weighted by Crippen LogP contribution is 2.44. The van der Waals surface area contributed by atoms with E-state index in [1.54, 1.807) is 4.90 Å². The maximum absolute atomic E-state index is 12.9. The van der Waals surface area contributed by atoms with Gasteiger partial charge in [0.15, 0.2) is 0 Å². The van der Waals surface area contributed by atoms with E-state index < -0.39 is 18.8 Å². The molecule has 3 aromatic carbocycles. The van der Waals surface area contributed by atoms with Crippen LogP contribution in [0.15, 0.2) is 54.6 Å². The second-order valence-corrected chi connectivity index (χ2v) is 12.2. The molecule has 43 heavy (non-hydrogen) atoms. The highest BCUT2D eigenvalue weighted by Gasteiger charge is 2.31. The molecule has 1 aliphatic carbocycles. The number of ether oxygens (including phenoxy) is 2. The molecule has 1 heterocycles. The predicted octanol–water partition coefficient (Wildman–Crippen LogP) is 4.08. The van der Waals surface area contributed by atoms with Crippen molar-refractivity contribution in [3.8, 4) is 11.1 Å². The summed E-state index contributed by atoms with van der Waals surface area (Å²) in [5.41, 5.74) is 7.50. The van der Waals surface area contributed by atoms with Gasteiger partial charge in [0.2, 0.25) is 0 Å². The fourth-order valence-corrected chi connectivity index (χ4v) is 6.15. The van der Waals surface area contributed by atoms with E-state index in [-0.39, 0.29) is 25.2 Å². The van der Waals surface area contributed by atoms with Crippen molar-refractivity contribution >= 4 is 30.5 Å². The van der Waals surface area contributed by atoms with Crippen molar-refractivity contribution in [2.75, 3.05) is 37.7 Å². The SMILES string of the molecule is Cc1c(CNC(=O)OCC2c3ccccc3-c3ccccc32)cc(N2CCN(C(=O)OC(C)(C)C)CC2)c(C)c1B(O)O. The molecular formula is C33H40BN3O6. The Morgan fingerprint density at radius 1 is 0.930 bits per heavy atom. The molecule has 1 fully saturated rings. The monoisotopic (exact) mass is 585 g/mol. The number of anilines is 1. The smallest absolute Gasteiger partial charge is 0.449 e. The van der Waals surface area contributed by atoms with E-state index in [2.05, 4.69) is 34.5 Å². The van der Waals surface area contributed by atoms with Crippen LogP contribution in [0.3, 0.4) is 0 Å². The largest absolute Gasteiger partial charge is 0.489 e. The molecule has 1 aliphatic heterocycles. The van der Waals surface area contributed by atoms with Crippen LogP contribution >= 0.6 is 0 Å². The lowest BCUT2D eigenvalue weighted by Crippen LogP contribution is -2.50. The van der Waals surface area contributed by atoms with Crippen molar-refractivity contribution in [2.45, 2.75) is 52.7 Å². The van der Waals surface area contributed by atoms with Crippen molar-refractivity contribution in [3.63, 3.8) is 0 Å². The number of amides is 2.